The molecule has 1 unspecified atom stereocenters. The third-order valence-electron chi connectivity index (χ3n) is 2.54. The Labute approximate surface area is 89.3 Å². The predicted octanol–water partition coefficient (Wildman–Crippen LogP) is 1.48. The normalized spacial score (nSPS) is 14.7. The number of rotatable bonds is 4. The van der Waals surface area contributed by atoms with Crippen molar-refractivity contribution in [2.45, 2.75) is 32.7 Å². The second kappa shape index (κ2) is 4.49. The molecule has 0 fully saturated rings. The van der Waals surface area contributed by atoms with Crippen molar-refractivity contribution in [2.75, 3.05) is 6.61 Å². The molecule has 0 saturated carbocycles. The Morgan fingerprint density at radius 3 is 2.73 bits per heavy atom. The maximum absolute atomic E-state index is 11.7. The standard InChI is InChI=1S/C11H17NO3/c1-4-11(3,7-13)12-10(14)9-5-8(2)15-6-9/h5-6,13H,4,7H2,1-3H3,(H,12,14). The Kier molecular flexibility index (Phi) is 3.52. The molecule has 0 radical (unpaired) electrons. The van der Waals surface area contributed by atoms with E-state index in [1.54, 1.807) is 19.9 Å². The summed E-state index contributed by atoms with van der Waals surface area (Å²) in [5.74, 6) is 0.479. The lowest BCUT2D eigenvalue weighted by Crippen LogP contribution is -2.48. The van der Waals surface area contributed by atoms with Crippen molar-refractivity contribution >= 4 is 5.91 Å². The third kappa shape index (κ3) is 2.83. The number of hydrogen-bond donors (Lipinski definition) is 2. The van der Waals surface area contributed by atoms with Gasteiger partial charge in [-0.1, -0.05) is 6.92 Å². The Balaban J connectivity index is 2.71. The van der Waals surface area contributed by atoms with Crippen molar-refractivity contribution < 1.29 is 14.3 Å². The fraction of sp³-hybridized carbons (Fsp3) is 0.545. The number of aryl methyl sites for hydroxylation is 1. The monoisotopic (exact) mass is 211 g/mol. The number of amides is 1. The molecule has 0 aliphatic carbocycles. The van der Waals surface area contributed by atoms with Crippen molar-refractivity contribution in [1.29, 1.82) is 0 Å². The summed E-state index contributed by atoms with van der Waals surface area (Å²) in [7, 11) is 0. The van der Waals surface area contributed by atoms with Gasteiger partial charge in [0, 0.05) is 0 Å². The molecule has 1 aromatic heterocycles. The lowest BCUT2D eigenvalue weighted by molar-refractivity contribution is 0.0847. The molecule has 15 heavy (non-hydrogen) atoms. The first-order valence-electron chi connectivity index (χ1n) is 4.99. The van der Waals surface area contributed by atoms with Crippen molar-refractivity contribution in [3.8, 4) is 0 Å². The molecule has 1 aromatic rings. The van der Waals surface area contributed by atoms with E-state index in [1.165, 1.54) is 6.26 Å². The van der Waals surface area contributed by atoms with Crippen molar-refractivity contribution in [3.63, 3.8) is 0 Å². The van der Waals surface area contributed by atoms with Crippen LogP contribution in [-0.4, -0.2) is 23.2 Å². The number of nitrogens with one attached hydrogen (secondary N) is 1. The Morgan fingerprint density at radius 1 is 1.67 bits per heavy atom. The van der Waals surface area contributed by atoms with Gasteiger partial charge in [0.2, 0.25) is 0 Å². The van der Waals surface area contributed by atoms with Crippen LogP contribution in [0.1, 0.15) is 36.4 Å². The van der Waals surface area contributed by atoms with Gasteiger partial charge in [0.05, 0.1) is 17.7 Å². The van der Waals surface area contributed by atoms with Crippen molar-refractivity contribution in [3.05, 3.63) is 23.7 Å². The molecule has 2 N–H and O–H groups in total. The molecule has 1 rings (SSSR count). The van der Waals surface area contributed by atoms with E-state index >= 15 is 0 Å². The minimum atomic E-state index is -0.567. The Bertz CT molecular complexity index is 339. The van der Waals surface area contributed by atoms with E-state index in [9.17, 15) is 4.79 Å². The lowest BCUT2D eigenvalue weighted by Gasteiger charge is -2.26. The van der Waals surface area contributed by atoms with Gasteiger partial charge in [-0.05, 0) is 26.3 Å². The summed E-state index contributed by atoms with van der Waals surface area (Å²) in [6, 6.07) is 1.67. The largest absolute Gasteiger partial charge is 0.469 e. The molecule has 0 bridgehead atoms. The average Bonchev–Trinajstić information content (AvgIpc) is 2.65. The highest BCUT2D eigenvalue weighted by atomic mass is 16.3. The fourth-order valence-corrected chi connectivity index (χ4v) is 1.15. The minimum absolute atomic E-state index is 0.0773. The smallest absolute Gasteiger partial charge is 0.255 e. The van der Waals surface area contributed by atoms with Crippen LogP contribution >= 0.6 is 0 Å². The average molecular weight is 211 g/mol. The van der Waals surface area contributed by atoms with Crippen molar-refractivity contribution in [1.82, 2.24) is 5.32 Å². The first kappa shape index (κ1) is 11.8. The number of aliphatic hydroxyl groups excluding tert-OH is 1. The number of carbonyl (C=O) groups excluding carboxylic acids is 1. The molecule has 1 amide bonds. The molecule has 0 aromatic carbocycles. The molecule has 1 heterocycles. The summed E-state index contributed by atoms with van der Waals surface area (Å²) in [6.07, 6.45) is 2.09. The molecule has 4 nitrogen and oxygen atoms in total. The van der Waals surface area contributed by atoms with Crippen LogP contribution in [0.2, 0.25) is 0 Å². The highest BCUT2D eigenvalue weighted by molar-refractivity contribution is 5.94. The van der Waals surface area contributed by atoms with E-state index in [2.05, 4.69) is 5.32 Å². The number of aliphatic hydroxyl groups is 1. The van der Waals surface area contributed by atoms with Gasteiger partial charge in [0.1, 0.15) is 12.0 Å². The van der Waals surface area contributed by atoms with E-state index in [-0.39, 0.29) is 12.5 Å². The zero-order valence-corrected chi connectivity index (χ0v) is 9.33. The van der Waals surface area contributed by atoms with E-state index in [1.807, 2.05) is 6.92 Å². The predicted molar refractivity (Wildman–Crippen MR) is 56.7 cm³/mol. The van der Waals surface area contributed by atoms with Crippen LogP contribution in [0, 0.1) is 6.92 Å². The summed E-state index contributed by atoms with van der Waals surface area (Å²) in [4.78, 5) is 11.7. The van der Waals surface area contributed by atoms with E-state index in [0.29, 0.717) is 17.7 Å². The van der Waals surface area contributed by atoms with Gasteiger partial charge < -0.3 is 14.8 Å². The fourth-order valence-electron chi connectivity index (χ4n) is 1.15. The molecular weight excluding hydrogens is 194 g/mol. The topological polar surface area (TPSA) is 62.5 Å². The summed E-state index contributed by atoms with van der Waals surface area (Å²) >= 11 is 0. The molecule has 0 saturated heterocycles. The van der Waals surface area contributed by atoms with Crippen LogP contribution in [0.3, 0.4) is 0 Å². The molecule has 0 spiro atoms. The number of carbonyl (C=O) groups is 1. The Hall–Kier alpha value is -1.29. The lowest BCUT2D eigenvalue weighted by atomic mass is 10.00. The van der Waals surface area contributed by atoms with E-state index in [4.69, 9.17) is 9.52 Å². The van der Waals surface area contributed by atoms with Gasteiger partial charge in [-0.25, -0.2) is 0 Å². The zero-order chi connectivity index (χ0) is 11.5. The first-order valence-corrected chi connectivity index (χ1v) is 4.99. The molecule has 1 atom stereocenters. The second-order valence-corrected chi connectivity index (χ2v) is 3.97. The zero-order valence-electron chi connectivity index (χ0n) is 9.33. The SMILES string of the molecule is CCC(C)(CO)NC(=O)c1coc(C)c1. The molecule has 84 valence electrons. The van der Waals surface area contributed by atoms with E-state index in [0.717, 1.165) is 0 Å². The third-order valence-corrected chi connectivity index (χ3v) is 2.54. The highest BCUT2D eigenvalue weighted by Gasteiger charge is 2.24. The second-order valence-electron chi connectivity index (χ2n) is 3.97. The maximum Gasteiger partial charge on any atom is 0.255 e. The summed E-state index contributed by atoms with van der Waals surface area (Å²) < 4.78 is 5.04. The van der Waals surface area contributed by atoms with Crippen LogP contribution in [0.15, 0.2) is 16.7 Å². The number of hydrogen-bond acceptors (Lipinski definition) is 3. The van der Waals surface area contributed by atoms with Crippen LogP contribution in [0.5, 0.6) is 0 Å². The first-order chi connectivity index (χ1) is 7.00. The van der Waals surface area contributed by atoms with Crippen molar-refractivity contribution in [2.24, 2.45) is 0 Å². The van der Waals surface area contributed by atoms with Gasteiger partial charge in [0.25, 0.3) is 5.91 Å². The van der Waals surface area contributed by atoms with Crippen LogP contribution in [0.25, 0.3) is 0 Å². The molecule has 0 aliphatic heterocycles. The molecular formula is C11H17NO3. The summed E-state index contributed by atoms with van der Waals surface area (Å²) in [5, 5.41) is 11.9. The number of furan rings is 1. The summed E-state index contributed by atoms with van der Waals surface area (Å²) in [5.41, 5.74) is -0.0805. The highest BCUT2D eigenvalue weighted by Crippen LogP contribution is 2.11. The maximum atomic E-state index is 11.7. The van der Waals surface area contributed by atoms with E-state index < -0.39 is 5.54 Å². The summed E-state index contributed by atoms with van der Waals surface area (Å²) in [6.45, 7) is 5.42. The molecule has 4 heteroatoms. The Morgan fingerprint density at radius 2 is 2.33 bits per heavy atom. The molecule has 0 aliphatic rings. The van der Waals surface area contributed by atoms with Gasteiger partial charge >= 0.3 is 0 Å². The van der Waals surface area contributed by atoms with Gasteiger partial charge in [-0.3, -0.25) is 4.79 Å². The van der Waals surface area contributed by atoms with Gasteiger partial charge in [0.15, 0.2) is 0 Å². The van der Waals surface area contributed by atoms with Gasteiger partial charge in [-0.15, -0.1) is 0 Å². The quantitative estimate of drug-likeness (QED) is 0.793. The van der Waals surface area contributed by atoms with Crippen LogP contribution in [-0.2, 0) is 0 Å². The van der Waals surface area contributed by atoms with Gasteiger partial charge in [-0.2, -0.15) is 0 Å². The minimum Gasteiger partial charge on any atom is -0.469 e. The van der Waals surface area contributed by atoms with Crippen LogP contribution < -0.4 is 5.32 Å². The van der Waals surface area contributed by atoms with Crippen LogP contribution in [0.4, 0.5) is 0 Å².